The monoisotopic (exact) mass is 218 g/mol. The molecule has 0 saturated heterocycles. The molecule has 0 aliphatic rings. The average Bonchev–Trinajstić information content (AvgIpc) is 2.22. The summed E-state index contributed by atoms with van der Waals surface area (Å²) in [6.45, 7) is 3.51. The summed E-state index contributed by atoms with van der Waals surface area (Å²) in [5.74, 6) is -0.624. The van der Waals surface area contributed by atoms with Crippen LogP contribution in [0.1, 0.15) is 11.1 Å². The molecule has 2 rings (SSSR count). The van der Waals surface area contributed by atoms with Gasteiger partial charge in [0.15, 0.2) is 0 Å². The fourth-order valence-electron chi connectivity index (χ4n) is 1.61. The normalized spacial score (nSPS) is 10.5. The Morgan fingerprint density at radius 3 is 2.19 bits per heavy atom. The van der Waals surface area contributed by atoms with Crippen LogP contribution in [0.25, 0.3) is 11.1 Å². The van der Waals surface area contributed by atoms with Crippen LogP contribution in [0.15, 0.2) is 36.4 Å². The molecule has 0 spiro atoms. The number of aryl methyl sites for hydroxylation is 2. The van der Waals surface area contributed by atoms with Crippen LogP contribution in [0.3, 0.4) is 0 Å². The smallest absolute Gasteiger partial charge is 0.131 e. The lowest BCUT2D eigenvalue weighted by atomic mass is 10.0. The topological polar surface area (TPSA) is 0 Å². The van der Waals surface area contributed by atoms with Crippen molar-refractivity contribution < 1.29 is 8.78 Å². The van der Waals surface area contributed by atoms with Crippen LogP contribution < -0.4 is 0 Å². The maximum Gasteiger partial charge on any atom is 0.131 e. The third kappa shape index (κ3) is 1.96. The van der Waals surface area contributed by atoms with Crippen LogP contribution in [-0.4, -0.2) is 0 Å². The number of hydrogen-bond acceptors (Lipinski definition) is 0. The summed E-state index contributed by atoms with van der Waals surface area (Å²) in [6.07, 6.45) is 0. The minimum atomic E-state index is -0.316. The second-order valence-corrected chi connectivity index (χ2v) is 3.95. The molecule has 0 amide bonds. The number of halogens is 2. The van der Waals surface area contributed by atoms with Crippen molar-refractivity contribution in [2.45, 2.75) is 13.8 Å². The van der Waals surface area contributed by atoms with E-state index in [-0.39, 0.29) is 11.6 Å². The minimum Gasteiger partial charge on any atom is -0.207 e. The van der Waals surface area contributed by atoms with Crippen LogP contribution in [0.4, 0.5) is 8.78 Å². The summed E-state index contributed by atoms with van der Waals surface area (Å²) in [5, 5.41) is 0. The van der Waals surface area contributed by atoms with Gasteiger partial charge in [-0.1, -0.05) is 24.3 Å². The highest BCUT2D eigenvalue weighted by Crippen LogP contribution is 2.25. The molecule has 0 radical (unpaired) electrons. The van der Waals surface area contributed by atoms with E-state index in [0.717, 1.165) is 5.56 Å². The van der Waals surface area contributed by atoms with Gasteiger partial charge in [0.2, 0.25) is 0 Å². The first-order valence-electron chi connectivity index (χ1n) is 5.10. The van der Waals surface area contributed by atoms with Crippen LogP contribution in [0, 0.1) is 25.5 Å². The molecule has 0 heterocycles. The van der Waals surface area contributed by atoms with E-state index >= 15 is 0 Å². The highest BCUT2D eigenvalue weighted by Gasteiger charge is 2.07. The average molecular weight is 218 g/mol. The van der Waals surface area contributed by atoms with Crippen molar-refractivity contribution in [2.75, 3.05) is 0 Å². The van der Waals surface area contributed by atoms with Crippen molar-refractivity contribution in [1.82, 2.24) is 0 Å². The molecule has 0 aliphatic heterocycles. The van der Waals surface area contributed by atoms with Crippen molar-refractivity contribution in [1.29, 1.82) is 0 Å². The maximum absolute atomic E-state index is 13.6. The van der Waals surface area contributed by atoms with Gasteiger partial charge in [0.25, 0.3) is 0 Å². The van der Waals surface area contributed by atoms with Gasteiger partial charge >= 0.3 is 0 Å². The lowest BCUT2D eigenvalue weighted by Crippen LogP contribution is -1.88. The van der Waals surface area contributed by atoms with E-state index in [1.807, 2.05) is 13.0 Å². The van der Waals surface area contributed by atoms with E-state index in [9.17, 15) is 8.78 Å². The quantitative estimate of drug-likeness (QED) is 0.671. The zero-order valence-corrected chi connectivity index (χ0v) is 9.22. The van der Waals surface area contributed by atoms with Gasteiger partial charge in [0.1, 0.15) is 11.6 Å². The SMILES string of the molecule is Cc1ccc(-c2ccc(C)c(F)c2)c(F)c1. The molecule has 2 heteroatoms. The summed E-state index contributed by atoms with van der Waals surface area (Å²) in [7, 11) is 0. The van der Waals surface area contributed by atoms with E-state index < -0.39 is 0 Å². The van der Waals surface area contributed by atoms with Gasteiger partial charge in [0, 0.05) is 5.56 Å². The lowest BCUT2D eigenvalue weighted by Gasteiger charge is -2.05. The Bertz CT molecular complexity index is 530. The Hall–Kier alpha value is -1.70. The van der Waals surface area contributed by atoms with E-state index in [0.29, 0.717) is 16.7 Å². The molecule has 0 N–H and O–H groups in total. The Morgan fingerprint density at radius 1 is 0.812 bits per heavy atom. The molecule has 0 fully saturated rings. The van der Waals surface area contributed by atoms with Gasteiger partial charge in [0.05, 0.1) is 0 Å². The van der Waals surface area contributed by atoms with Gasteiger partial charge in [-0.2, -0.15) is 0 Å². The van der Waals surface area contributed by atoms with E-state index in [2.05, 4.69) is 0 Å². The summed E-state index contributed by atoms with van der Waals surface area (Å²) in [4.78, 5) is 0. The predicted molar refractivity (Wildman–Crippen MR) is 61.3 cm³/mol. The number of benzene rings is 2. The third-order valence-electron chi connectivity index (χ3n) is 2.61. The Labute approximate surface area is 93.5 Å². The van der Waals surface area contributed by atoms with Crippen LogP contribution >= 0.6 is 0 Å². The van der Waals surface area contributed by atoms with Gasteiger partial charge in [-0.25, -0.2) is 8.78 Å². The van der Waals surface area contributed by atoms with E-state index in [1.165, 1.54) is 12.1 Å². The molecule has 2 aromatic rings. The summed E-state index contributed by atoms with van der Waals surface area (Å²) < 4.78 is 27.0. The van der Waals surface area contributed by atoms with Crippen molar-refractivity contribution >= 4 is 0 Å². The first-order valence-corrected chi connectivity index (χ1v) is 5.10. The fraction of sp³-hybridized carbons (Fsp3) is 0.143. The molecule has 0 aromatic heterocycles. The summed E-state index contributed by atoms with van der Waals surface area (Å²) in [6, 6.07) is 9.69. The van der Waals surface area contributed by atoms with Gasteiger partial charge < -0.3 is 0 Å². The molecular weight excluding hydrogens is 206 g/mol. The molecule has 0 nitrogen and oxygen atoms in total. The fourth-order valence-corrected chi connectivity index (χ4v) is 1.61. The van der Waals surface area contributed by atoms with Crippen LogP contribution in [0.5, 0.6) is 0 Å². The molecule has 16 heavy (non-hydrogen) atoms. The highest BCUT2D eigenvalue weighted by atomic mass is 19.1. The predicted octanol–water partition coefficient (Wildman–Crippen LogP) is 4.25. The van der Waals surface area contributed by atoms with Crippen molar-refractivity contribution in [3.63, 3.8) is 0 Å². The zero-order valence-electron chi connectivity index (χ0n) is 9.22. The maximum atomic E-state index is 13.6. The first-order chi connectivity index (χ1) is 7.58. The number of rotatable bonds is 1. The van der Waals surface area contributed by atoms with Crippen molar-refractivity contribution in [3.05, 3.63) is 59.2 Å². The van der Waals surface area contributed by atoms with E-state index in [4.69, 9.17) is 0 Å². The summed E-state index contributed by atoms with van der Waals surface area (Å²) >= 11 is 0. The van der Waals surface area contributed by atoms with Gasteiger partial charge in [-0.05, 0) is 42.7 Å². The minimum absolute atomic E-state index is 0.308. The molecule has 0 saturated carbocycles. The Balaban J connectivity index is 2.54. The summed E-state index contributed by atoms with van der Waals surface area (Å²) in [5.41, 5.74) is 2.43. The molecule has 0 atom stereocenters. The van der Waals surface area contributed by atoms with Crippen molar-refractivity contribution in [3.8, 4) is 11.1 Å². The Kier molecular flexibility index (Phi) is 2.73. The highest BCUT2D eigenvalue weighted by molar-refractivity contribution is 5.64. The zero-order chi connectivity index (χ0) is 11.7. The molecule has 0 aliphatic carbocycles. The van der Waals surface area contributed by atoms with Crippen LogP contribution in [-0.2, 0) is 0 Å². The largest absolute Gasteiger partial charge is 0.207 e. The second-order valence-electron chi connectivity index (χ2n) is 3.95. The second kappa shape index (κ2) is 4.05. The van der Waals surface area contributed by atoms with Gasteiger partial charge in [-0.3, -0.25) is 0 Å². The lowest BCUT2D eigenvalue weighted by molar-refractivity contribution is 0.617. The molecule has 0 unspecified atom stereocenters. The standard InChI is InChI=1S/C14H12F2/c1-9-3-6-12(14(16)7-9)11-5-4-10(2)13(15)8-11/h3-8H,1-2H3. The Morgan fingerprint density at radius 2 is 1.56 bits per heavy atom. The number of hydrogen-bond donors (Lipinski definition) is 0. The van der Waals surface area contributed by atoms with E-state index in [1.54, 1.807) is 25.1 Å². The molecule has 2 aromatic carbocycles. The molecule has 82 valence electrons. The third-order valence-corrected chi connectivity index (χ3v) is 2.61. The van der Waals surface area contributed by atoms with Crippen molar-refractivity contribution in [2.24, 2.45) is 0 Å². The molecule has 0 bridgehead atoms. The molecular formula is C14H12F2. The van der Waals surface area contributed by atoms with Crippen LogP contribution in [0.2, 0.25) is 0 Å². The first kappa shape index (κ1) is 10.8. The van der Waals surface area contributed by atoms with Gasteiger partial charge in [-0.15, -0.1) is 0 Å².